The van der Waals surface area contributed by atoms with Crippen LogP contribution in [0.5, 0.6) is 0 Å². The zero-order chi connectivity index (χ0) is 9.84. The van der Waals surface area contributed by atoms with E-state index >= 15 is 0 Å². The maximum absolute atomic E-state index is 9.54. The largest absolute Gasteiger partial charge is 0.507 e. The molecule has 1 N–H and O–H groups in total. The van der Waals surface area contributed by atoms with Gasteiger partial charge >= 0.3 is 0 Å². The third kappa shape index (κ3) is 2.36. The molecular weight excluding hydrogens is 184 g/mol. The third-order valence-corrected chi connectivity index (χ3v) is 1.98. The number of aliphatic hydroxyl groups is 1. The van der Waals surface area contributed by atoms with Crippen LogP contribution in [0.25, 0.3) is 5.76 Å². The van der Waals surface area contributed by atoms with E-state index in [-0.39, 0.29) is 5.76 Å². The van der Waals surface area contributed by atoms with E-state index in [1.54, 1.807) is 24.3 Å². The number of aryl methyl sites for hydroxylation is 1. The average molecular weight is 195 g/mol. The molecule has 0 atom stereocenters. The smallest absolute Gasteiger partial charge is 0.123 e. The molecule has 1 nitrogen and oxygen atoms in total. The number of hydrogen-bond donors (Lipinski definition) is 1. The summed E-state index contributed by atoms with van der Waals surface area (Å²) in [6.45, 7) is 5.41. The Morgan fingerprint density at radius 1 is 1.54 bits per heavy atom. The van der Waals surface area contributed by atoms with Gasteiger partial charge < -0.3 is 5.11 Å². The van der Waals surface area contributed by atoms with Crippen LogP contribution in [-0.4, -0.2) is 5.11 Å². The van der Waals surface area contributed by atoms with Crippen molar-refractivity contribution in [2.24, 2.45) is 0 Å². The van der Waals surface area contributed by atoms with Crippen molar-refractivity contribution in [3.8, 4) is 0 Å². The first-order valence-electron chi connectivity index (χ1n) is 3.93. The molecule has 0 saturated carbocycles. The Morgan fingerprint density at radius 3 is 2.77 bits per heavy atom. The molecule has 0 aromatic heterocycles. The van der Waals surface area contributed by atoms with Gasteiger partial charge in [0.2, 0.25) is 0 Å². The summed E-state index contributed by atoms with van der Waals surface area (Å²) in [5, 5.41) is 10.2. The van der Waals surface area contributed by atoms with Gasteiger partial charge in [-0.25, -0.2) is 0 Å². The van der Waals surface area contributed by atoms with Crippen molar-refractivity contribution in [3.63, 3.8) is 0 Å². The molecule has 68 valence electrons. The van der Waals surface area contributed by atoms with Crippen molar-refractivity contribution < 1.29 is 5.11 Å². The Labute approximate surface area is 83.0 Å². The van der Waals surface area contributed by atoms with Crippen molar-refractivity contribution in [2.75, 3.05) is 0 Å². The van der Waals surface area contributed by atoms with Gasteiger partial charge in [0.25, 0.3) is 0 Å². The van der Waals surface area contributed by atoms with Gasteiger partial charge in [-0.05, 0) is 36.8 Å². The van der Waals surface area contributed by atoms with Gasteiger partial charge in [0, 0.05) is 10.6 Å². The lowest BCUT2D eigenvalue weighted by Crippen LogP contribution is -1.87. The van der Waals surface area contributed by atoms with Crippen LogP contribution in [-0.2, 0) is 0 Å². The van der Waals surface area contributed by atoms with E-state index in [1.807, 2.05) is 13.0 Å². The zero-order valence-corrected chi connectivity index (χ0v) is 8.17. The van der Waals surface area contributed by atoms with Crippen LogP contribution in [0.2, 0.25) is 5.02 Å². The Bertz CT molecular complexity index is 353. The van der Waals surface area contributed by atoms with Crippen molar-refractivity contribution in [2.45, 2.75) is 6.92 Å². The minimum absolute atomic E-state index is 0.212. The van der Waals surface area contributed by atoms with E-state index in [0.717, 1.165) is 11.1 Å². The molecule has 0 amide bonds. The molecule has 0 aliphatic heterocycles. The van der Waals surface area contributed by atoms with Gasteiger partial charge in [-0.3, -0.25) is 0 Å². The molecule has 0 fully saturated rings. The predicted molar refractivity (Wildman–Crippen MR) is 57.0 cm³/mol. The molecule has 0 radical (unpaired) electrons. The summed E-state index contributed by atoms with van der Waals surface area (Å²) in [5.74, 6) is 0.212. The molecule has 0 saturated heterocycles. The van der Waals surface area contributed by atoms with Gasteiger partial charge in [0.05, 0.1) is 0 Å². The van der Waals surface area contributed by atoms with Gasteiger partial charge in [0.1, 0.15) is 5.76 Å². The van der Waals surface area contributed by atoms with E-state index in [9.17, 15) is 5.11 Å². The second kappa shape index (κ2) is 4.15. The lowest BCUT2D eigenvalue weighted by molar-refractivity contribution is 0.511. The zero-order valence-electron chi connectivity index (χ0n) is 7.42. The van der Waals surface area contributed by atoms with Crippen molar-refractivity contribution >= 4 is 17.4 Å². The normalized spacial score (nSPS) is 11.4. The molecule has 1 aromatic carbocycles. The first kappa shape index (κ1) is 9.87. The fraction of sp³-hybridized carbons (Fsp3) is 0.0909. The van der Waals surface area contributed by atoms with Gasteiger partial charge in [0.15, 0.2) is 0 Å². The summed E-state index contributed by atoms with van der Waals surface area (Å²) in [5.41, 5.74) is 1.73. The number of allylic oxidation sites excluding steroid dienone is 2. The summed E-state index contributed by atoms with van der Waals surface area (Å²) < 4.78 is 0. The number of aliphatic hydroxyl groups excluding tert-OH is 1. The highest BCUT2D eigenvalue weighted by Gasteiger charge is 2.02. The Morgan fingerprint density at radius 2 is 2.23 bits per heavy atom. The minimum Gasteiger partial charge on any atom is -0.507 e. The summed E-state index contributed by atoms with van der Waals surface area (Å²) in [4.78, 5) is 0. The van der Waals surface area contributed by atoms with E-state index in [4.69, 9.17) is 11.6 Å². The fourth-order valence-electron chi connectivity index (χ4n) is 1.12. The molecule has 0 spiro atoms. The molecule has 0 unspecified atom stereocenters. The lowest BCUT2D eigenvalue weighted by Gasteiger charge is -2.04. The van der Waals surface area contributed by atoms with Crippen molar-refractivity contribution in [3.05, 3.63) is 53.1 Å². The Kier molecular flexibility index (Phi) is 3.15. The van der Waals surface area contributed by atoms with Gasteiger partial charge in [-0.15, -0.1) is 0 Å². The summed E-state index contributed by atoms with van der Waals surface area (Å²) in [6.07, 6.45) is 3.10. The number of hydrogen-bond acceptors (Lipinski definition) is 1. The second-order valence-corrected chi connectivity index (χ2v) is 3.18. The molecule has 0 bridgehead atoms. The molecule has 1 rings (SSSR count). The van der Waals surface area contributed by atoms with Crippen molar-refractivity contribution in [1.82, 2.24) is 0 Å². The monoisotopic (exact) mass is 194 g/mol. The molecule has 13 heavy (non-hydrogen) atoms. The molecule has 0 aliphatic carbocycles. The Balaban J connectivity index is 3.15. The summed E-state index contributed by atoms with van der Waals surface area (Å²) in [6, 6.07) is 5.34. The van der Waals surface area contributed by atoms with E-state index < -0.39 is 0 Å². The van der Waals surface area contributed by atoms with Gasteiger partial charge in [-0.1, -0.05) is 24.3 Å². The van der Waals surface area contributed by atoms with E-state index in [0.29, 0.717) is 5.02 Å². The van der Waals surface area contributed by atoms with Crippen LogP contribution < -0.4 is 0 Å². The predicted octanol–water partition coefficient (Wildman–Crippen LogP) is 3.73. The van der Waals surface area contributed by atoms with E-state index in [1.165, 1.54) is 0 Å². The number of rotatable bonds is 2. The summed E-state index contributed by atoms with van der Waals surface area (Å²) >= 11 is 5.78. The maximum atomic E-state index is 9.54. The molecule has 1 aromatic rings. The lowest BCUT2D eigenvalue weighted by atomic mass is 10.1. The highest BCUT2D eigenvalue weighted by molar-refractivity contribution is 6.30. The summed E-state index contributed by atoms with van der Waals surface area (Å²) in [7, 11) is 0. The van der Waals surface area contributed by atoms with E-state index in [2.05, 4.69) is 6.58 Å². The van der Waals surface area contributed by atoms with Crippen LogP contribution in [0.15, 0.2) is 36.9 Å². The highest BCUT2D eigenvalue weighted by Crippen LogP contribution is 2.20. The van der Waals surface area contributed by atoms with Crippen molar-refractivity contribution in [1.29, 1.82) is 0 Å². The molecule has 0 aliphatic rings. The van der Waals surface area contributed by atoms with Crippen LogP contribution in [0.1, 0.15) is 11.1 Å². The van der Waals surface area contributed by atoms with Crippen LogP contribution in [0.4, 0.5) is 0 Å². The number of halogens is 1. The molecule has 0 heterocycles. The van der Waals surface area contributed by atoms with Gasteiger partial charge in [-0.2, -0.15) is 0 Å². The highest BCUT2D eigenvalue weighted by atomic mass is 35.5. The second-order valence-electron chi connectivity index (χ2n) is 2.75. The Hall–Kier alpha value is -1.21. The fourth-order valence-corrected chi connectivity index (χ4v) is 1.34. The quantitative estimate of drug-likeness (QED) is 0.562. The first-order valence-corrected chi connectivity index (χ1v) is 4.31. The molecular formula is C11H11ClO. The SMILES string of the molecule is C=C/C=C(/O)c1ccc(Cl)cc1C. The minimum atomic E-state index is 0.212. The topological polar surface area (TPSA) is 20.2 Å². The third-order valence-electron chi connectivity index (χ3n) is 1.74. The van der Waals surface area contributed by atoms with Crippen LogP contribution in [0, 0.1) is 6.92 Å². The first-order chi connectivity index (χ1) is 6.15. The number of benzene rings is 1. The average Bonchev–Trinajstić information content (AvgIpc) is 2.04. The molecule has 2 heteroatoms. The van der Waals surface area contributed by atoms with Crippen LogP contribution >= 0.6 is 11.6 Å². The van der Waals surface area contributed by atoms with Crippen LogP contribution in [0.3, 0.4) is 0 Å². The maximum Gasteiger partial charge on any atom is 0.123 e. The standard InChI is InChI=1S/C11H11ClO/c1-3-4-11(13)10-6-5-9(12)7-8(10)2/h3-7,13H,1H2,2H3/b11-4+.